The maximum atomic E-state index is 13.0. The van der Waals surface area contributed by atoms with Crippen LogP contribution in [0, 0.1) is 5.92 Å². The molecule has 7 nitrogen and oxygen atoms in total. The smallest absolute Gasteiger partial charge is 0.251 e. The Morgan fingerprint density at radius 2 is 1.60 bits per heavy atom. The second-order valence-corrected chi connectivity index (χ2v) is 7.74. The Bertz CT molecular complexity index is 632. The molecule has 1 saturated heterocycles. The number of hydrogen-bond donors (Lipinski definition) is 1. The lowest BCUT2D eigenvalue weighted by Crippen LogP contribution is -2.49. The van der Waals surface area contributed by atoms with Gasteiger partial charge in [0, 0.05) is 31.2 Å². The van der Waals surface area contributed by atoms with Gasteiger partial charge in [0.05, 0.1) is 33.0 Å². The van der Waals surface area contributed by atoms with E-state index in [4.69, 9.17) is 18.9 Å². The maximum Gasteiger partial charge on any atom is 0.251 e. The van der Waals surface area contributed by atoms with Crippen LogP contribution < -0.4 is 19.5 Å². The van der Waals surface area contributed by atoms with Crippen LogP contribution in [0.25, 0.3) is 0 Å². The molecule has 1 unspecified atom stereocenters. The van der Waals surface area contributed by atoms with Gasteiger partial charge >= 0.3 is 0 Å². The van der Waals surface area contributed by atoms with E-state index in [0.717, 1.165) is 32.7 Å². The Morgan fingerprint density at radius 1 is 1.03 bits per heavy atom. The summed E-state index contributed by atoms with van der Waals surface area (Å²) in [5.41, 5.74) is 0.510. The fourth-order valence-electron chi connectivity index (χ4n) is 3.68. The number of nitrogens with zero attached hydrogens (tertiary/aromatic N) is 1. The number of morpholine rings is 1. The standard InChI is InChI=1S/C23H38N2O5/c1-6-28-20-14-18(15-21(29-7-2)22(20)30-8-3)23(26)24-16-19(13-17(4)5)25-9-11-27-12-10-25/h14-15,17,19H,6-13,16H2,1-5H3,(H,24,26). The summed E-state index contributed by atoms with van der Waals surface area (Å²) in [6, 6.07) is 3.76. The molecule has 30 heavy (non-hydrogen) atoms. The number of benzene rings is 1. The maximum absolute atomic E-state index is 13.0. The molecule has 1 aliphatic heterocycles. The highest BCUT2D eigenvalue weighted by molar-refractivity contribution is 5.95. The van der Waals surface area contributed by atoms with Crippen LogP contribution in [0.3, 0.4) is 0 Å². The van der Waals surface area contributed by atoms with E-state index in [0.29, 0.717) is 61.1 Å². The summed E-state index contributed by atoms with van der Waals surface area (Å²) < 4.78 is 22.7. The average molecular weight is 423 g/mol. The van der Waals surface area contributed by atoms with E-state index < -0.39 is 0 Å². The minimum atomic E-state index is -0.137. The van der Waals surface area contributed by atoms with Crippen LogP contribution in [0.5, 0.6) is 17.2 Å². The van der Waals surface area contributed by atoms with Crippen LogP contribution in [0.2, 0.25) is 0 Å². The van der Waals surface area contributed by atoms with E-state index in [1.807, 2.05) is 20.8 Å². The van der Waals surface area contributed by atoms with Gasteiger partial charge in [0.15, 0.2) is 11.5 Å². The van der Waals surface area contributed by atoms with Crippen LogP contribution >= 0.6 is 0 Å². The van der Waals surface area contributed by atoms with E-state index >= 15 is 0 Å². The fourth-order valence-corrected chi connectivity index (χ4v) is 3.68. The molecule has 1 heterocycles. The summed E-state index contributed by atoms with van der Waals surface area (Å²) in [5, 5.41) is 3.12. The Hall–Kier alpha value is -1.99. The molecular weight excluding hydrogens is 384 g/mol. The molecule has 1 N–H and O–H groups in total. The van der Waals surface area contributed by atoms with Crippen molar-refractivity contribution in [2.75, 3.05) is 52.7 Å². The van der Waals surface area contributed by atoms with Gasteiger partial charge in [-0.1, -0.05) is 13.8 Å². The van der Waals surface area contributed by atoms with Gasteiger partial charge < -0.3 is 24.3 Å². The Morgan fingerprint density at radius 3 is 2.10 bits per heavy atom. The minimum absolute atomic E-state index is 0.137. The van der Waals surface area contributed by atoms with Crippen molar-refractivity contribution >= 4 is 5.91 Å². The summed E-state index contributed by atoms with van der Waals surface area (Å²) in [5.74, 6) is 2.02. The fraction of sp³-hybridized carbons (Fsp3) is 0.696. The van der Waals surface area contributed by atoms with Gasteiger partial charge in [-0.3, -0.25) is 9.69 Å². The molecule has 0 spiro atoms. The first-order chi connectivity index (χ1) is 14.5. The van der Waals surface area contributed by atoms with E-state index in [1.54, 1.807) is 12.1 Å². The summed E-state index contributed by atoms with van der Waals surface area (Å²) in [7, 11) is 0. The number of hydrogen-bond acceptors (Lipinski definition) is 6. The van der Waals surface area contributed by atoms with Gasteiger partial charge in [0.2, 0.25) is 5.75 Å². The van der Waals surface area contributed by atoms with Crippen molar-refractivity contribution in [1.29, 1.82) is 0 Å². The molecule has 0 saturated carbocycles. The third-order valence-corrected chi connectivity index (χ3v) is 4.98. The Labute approximate surface area is 181 Å². The van der Waals surface area contributed by atoms with Crippen LogP contribution in [0.15, 0.2) is 12.1 Å². The second kappa shape index (κ2) is 12.6. The summed E-state index contributed by atoms with van der Waals surface area (Å²) >= 11 is 0. The third kappa shape index (κ3) is 7.06. The Balaban J connectivity index is 2.16. The molecule has 0 aliphatic carbocycles. The van der Waals surface area contributed by atoms with Crippen molar-refractivity contribution in [3.8, 4) is 17.2 Å². The van der Waals surface area contributed by atoms with E-state index in [1.165, 1.54) is 0 Å². The minimum Gasteiger partial charge on any atom is -0.490 e. The molecule has 170 valence electrons. The zero-order valence-electron chi connectivity index (χ0n) is 19.2. The average Bonchev–Trinajstić information content (AvgIpc) is 2.73. The van der Waals surface area contributed by atoms with Gasteiger partial charge in [0.1, 0.15) is 0 Å². The quantitative estimate of drug-likeness (QED) is 0.557. The van der Waals surface area contributed by atoms with Crippen molar-refractivity contribution in [2.45, 2.75) is 47.1 Å². The zero-order chi connectivity index (χ0) is 21.9. The van der Waals surface area contributed by atoms with Gasteiger partial charge in [-0.15, -0.1) is 0 Å². The summed E-state index contributed by atoms with van der Waals surface area (Å²) in [4.78, 5) is 15.4. The molecule has 1 amide bonds. The van der Waals surface area contributed by atoms with E-state index in [2.05, 4.69) is 24.1 Å². The van der Waals surface area contributed by atoms with Crippen molar-refractivity contribution in [1.82, 2.24) is 10.2 Å². The van der Waals surface area contributed by atoms with Crippen LogP contribution in [0.1, 0.15) is 51.4 Å². The first kappa shape index (κ1) is 24.3. The molecule has 1 atom stereocenters. The van der Waals surface area contributed by atoms with E-state index in [9.17, 15) is 4.79 Å². The van der Waals surface area contributed by atoms with Crippen molar-refractivity contribution < 1.29 is 23.7 Å². The predicted molar refractivity (Wildman–Crippen MR) is 118 cm³/mol. The first-order valence-electron chi connectivity index (χ1n) is 11.2. The molecular formula is C23H38N2O5. The molecule has 1 aromatic carbocycles. The molecule has 2 rings (SSSR count). The second-order valence-electron chi connectivity index (χ2n) is 7.74. The SMILES string of the molecule is CCOc1cc(C(=O)NCC(CC(C)C)N2CCOCC2)cc(OCC)c1OCC. The predicted octanol–water partition coefficient (Wildman–Crippen LogP) is 3.36. The number of nitrogens with one attached hydrogen (secondary N) is 1. The lowest BCUT2D eigenvalue weighted by atomic mass is 10.0. The Kier molecular flexibility index (Phi) is 10.2. The molecule has 1 fully saturated rings. The summed E-state index contributed by atoms with van der Waals surface area (Å²) in [6.45, 7) is 15.5. The van der Waals surface area contributed by atoms with Crippen molar-refractivity contribution in [3.05, 3.63) is 17.7 Å². The van der Waals surface area contributed by atoms with Gasteiger partial charge in [-0.05, 0) is 45.2 Å². The molecule has 0 bridgehead atoms. The number of rotatable bonds is 12. The monoisotopic (exact) mass is 422 g/mol. The summed E-state index contributed by atoms with van der Waals surface area (Å²) in [6.07, 6.45) is 1.03. The molecule has 0 aromatic heterocycles. The van der Waals surface area contributed by atoms with E-state index in [-0.39, 0.29) is 5.91 Å². The highest BCUT2D eigenvalue weighted by atomic mass is 16.5. The van der Waals surface area contributed by atoms with Gasteiger partial charge in [-0.25, -0.2) is 0 Å². The van der Waals surface area contributed by atoms with Gasteiger partial charge in [0.25, 0.3) is 5.91 Å². The van der Waals surface area contributed by atoms with Crippen LogP contribution in [-0.2, 0) is 4.74 Å². The molecule has 1 aromatic rings. The topological polar surface area (TPSA) is 69.3 Å². The highest BCUT2D eigenvalue weighted by Crippen LogP contribution is 2.39. The van der Waals surface area contributed by atoms with Crippen molar-refractivity contribution in [2.24, 2.45) is 5.92 Å². The lowest BCUT2D eigenvalue weighted by molar-refractivity contribution is 0.0124. The lowest BCUT2D eigenvalue weighted by Gasteiger charge is -2.35. The molecule has 0 radical (unpaired) electrons. The number of carbonyl (C=O) groups is 1. The first-order valence-corrected chi connectivity index (χ1v) is 11.2. The van der Waals surface area contributed by atoms with Crippen LogP contribution in [0.4, 0.5) is 0 Å². The highest BCUT2D eigenvalue weighted by Gasteiger charge is 2.24. The number of carbonyl (C=O) groups excluding carboxylic acids is 1. The molecule has 7 heteroatoms. The third-order valence-electron chi connectivity index (χ3n) is 4.98. The molecule has 1 aliphatic rings. The zero-order valence-corrected chi connectivity index (χ0v) is 19.2. The normalized spacial score (nSPS) is 15.7. The largest absolute Gasteiger partial charge is 0.490 e. The number of amides is 1. The van der Waals surface area contributed by atoms with Crippen molar-refractivity contribution in [3.63, 3.8) is 0 Å². The number of ether oxygens (including phenoxy) is 4. The van der Waals surface area contributed by atoms with Gasteiger partial charge in [-0.2, -0.15) is 0 Å². The van der Waals surface area contributed by atoms with Crippen LogP contribution in [-0.4, -0.2) is 69.5 Å².